The van der Waals surface area contributed by atoms with Gasteiger partial charge in [0.15, 0.2) is 12.6 Å². The van der Waals surface area contributed by atoms with Crippen molar-refractivity contribution in [1.29, 1.82) is 0 Å². The fourth-order valence-electron chi connectivity index (χ4n) is 13.9. The topological polar surface area (TPSA) is 225 Å². The lowest BCUT2D eigenvalue weighted by Crippen LogP contribution is -2.67. The van der Waals surface area contributed by atoms with Gasteiger partial charge < -0.3 is 64.5 Å². The van der Waals surface area contributed by atoms with Gasteiger partial charge in [-0.15, -0.1) is 0 Å². The number of hydrogen-bond acceptors (Lipinski definition) is 14. The molecule has 7 aliphatic rings. The Kier molecular flexibility index (Phi) is 11.7. The van der Waals surface area contributed by atoms with Gasteiger partial charge in [0.05, 0.1) is 38.4 Å². The molecular weight excluding hydrogens is 740 g/mol. The van der Waals surface area contributed by atoms with Gasteiger partial charge in [0.2, 0.25) is 0 Å². The molecule has 14 heteroatoms. The quantitative estimate of drug-likeness (QED) is 0.0998. The van der Waals surface area contributed by atoms with Crippen molar-refractivity contribution in [3.05, 3.63) is 11.6 Å². The normalized spacial score (nSPS) is 53.4. The number of allylic oxidation sites excluding steroid dienone is 2. The van der Waals surface area contributed by atoms with Gasteiger partial charge in [0.1, 0.15) is 48.8 Å². The van der Waals surface area contributed by atoms with E-state index in [1.165, 1.54) is 12.7 Å². The number of carbonyl (C=O) groups excluding carboxylic acids is 1. The molecule has 0 aromatic carbocycles. The molecule has 5 aliphatic carbocycles. The van der Waals surface area contributed by atoms with Crippen molar-refractivity contribution in [3.63, 3.8) is 0 Å². The SMILES string of the molecule is COC(=O)[C@]12CCC(C)(C)C[C@H]1C1=CC[C@@H]3[C@@]4(C)CC[C@H](O[C@@H]5O[C@H](CO)[C@@H](O[C@H]6O[C@H](CO)[C@@H](O)[C@H](O)[C@H]6O)[C@H](O)[C@H]5O)[C@@](C)(CO)C4CC[C@@]3(C)[C@]1(C)CC2. The summed E-state index contributed by atoms with van der Waals surface area (Å²) in [4.78, 5) is 13.6. The molecule has 0 bridgehead atoms. The number of rotatable bonds is 8. The number of carbonyl (C=O) groups is 1. The highest BCUT2D eigenvalue weighted by Crippen LogP contribution is 2.76. The van der Waals surface area contributed by atoms with Crippen LogP contribution in [0.5, 0.6) is 0 Å². The molecule has 8 N–H and O–H groups in total. The number of methoxy groups -OCH3 is 1. The Bertz CT molecular complexity index is 1520. The first-order chi connectivity index (χ1) is 26.7. The molecule has 0 amide bonds. The molecule has 57 heavy (non-hydrogen) atoms. The number of esters is 1. The highest BCUT2D eigenvalue weighted by Gasteiger charge is 2.70. The van der Waals surface area contributed by atoms with Gasteiger partial charge in [0.25, 0.3) is 0 Å². The van der Waals surface area contributed by atoms with E-state index in [0.29, 0.717) is 12.3 Å². The average Bonchev–Trinajstić information content (AvgIpc) is 3.18. The van der Waals surface area contributed by atoms with E-state index in [2.05, 4.69) is 40.7 Å². The van der Waals surface area contributed by atoms with Crippen molar-refractivity contribution in [2.45, 2.75) is 173 Å². The van der Waals surface area contributed by atoms with Gasteiger partial charge in [-0.1, -0.05) is 53.2 Å². The maximum atomic E-state index is 13.6. The zero-order valence-corrected chi connectivity index (χ0v) is 34.9. The second-order valence-electron chi connectivity index (χ2n) is 20.7. The van der Waals surface area contributed by atoms with Crippen LogP contribution in [0.2, 0.25) is 0 Å². The van der Waals surface area contributed by atoms with Crippen LogP contribution in [-0.4, -0.2) is 141 Å². The van der Waals surface area contributed by atoms with Crippen LogP contribution >= 0.6 is 0 Å². The van der Waals surface area contributed by atoms with Crippen LogP contribution < -0.4 is 0 Å². The van der Waals surface area contributed by atoms with Crippen LogP contribution in [0, 0.1) is 50.2 Å². The highest BCUT2D eigenvalue weighted by molar-refractivity contribution is 5.78. The van der Waals surface area contributed by atoms with E-state index in [4.69, 9.17) is 23.7 Å². The molecule has 0 aromatic heterocycles. The highest BCUT2D eigenvalue weighted by atomic mass is 16.7. The molecule has 2 heterocycles. The summed E-state index contributed by atoms with van der Waals surface area (Å²) >= 11 is 0. The van der Waals surface area contributed by atoms with Crippen LogP contribution in [0.15, 0.2) is 11.6 Å². The van der Waals surface area contributed by atoms with Crippen molar-refractivity contribution < 1.29 is 69.3 Å². The molecule has 1 unspecified atom stereocenters. The Balaban J connectivity index is 1.11. The first kappa shape index (κ1) is 43.8. The number of aliphatic hydroxyl groups excluding tert-OH is 8. The van der Waals surface area contributed by atoms with Crippen molar-refractivity contribution in [3.8, 4) is 0 Å². The smallest absolute Gasteiger partial charge is 0.312 e. The minimum absolute atomic E-state index is 0.0483. The second-order valence-corrected chi connectivity index (χ2v) is 20.7. The van der Waals surface area contributed by atoms with Gasteiger partial charge >= 0.3 is 5.97 Å². The van der Waals surface area contributed by atoms with E-state index >= 15 is 0 Å². The molecule has 326 valence electrons. The average molecular weight is 811 g/mol. The Morgan fingerprint density at radius 1 is 0.737 bits per heavy atom. The monoisotopic (exact) mass is 810 g/mol. The van der Waals surface area contributed by atoms with Gasteiger partial charge in [-0.3, -0.25) is 4.79 Å². The third kappa shape index (κ3) is 6.52. The molecule has 14 nitrogen and oxygen atoms in total. The summed E-state index contributed by atoms with van der Waals surface area (Å²) in [6.07, 6.45) is -4.90. The summed E-state index contributed by atoms with van der Waals surface area (Å²) in [5, 5.41) is 84.9. The van der Waals surface area contributed by atoms with Crippen LogP contribution in [-0.2, 0) is 28.5 Å². The summed E-state index contributed by atoms with van der Waals surface area (Å²) in [5.74, 6) is 0.444. The number of hydrogen-bond donors (Lipinski definition) is 8. The molecular formula is C43H70O14. The van der Waals surface area contributed by atoms with E-state index < -0.39 is 91.6 Å². The molecule has 0 aromatic rings. The third-order valence-corrected chi connectivity index (χ3v) is 17.6. The number of ether oxygens (including phenoxy) is 5. The lowest BCUT2D eigenvalue weighted by molar-refractivity contribution is -0.369. The van der Waals surface area contributed by atoms with Crippen molar-refractivity contribution >= 4 is 5.97 Å². The Morgan fingerprint density at radius 2 is 1.37 bits per heavy atom. The predicted octanol–water partition coefficient (Wildman–Crippen LogP) is 1.94. The summed E-state index contributed by atoms with van der Waals surface area (Å²) in [5.41, 5.74) is 0.0345. The second kappa shape index (κ2) is 15.3. The Hall–Kier alpha value is -1.27. The molecule has 7 rings (SSSR count). The summed E-state index contributed by atoms with van der Waals surface area (Å²) in [7, 11) is 1.53. The van der Waals surface area contributed by atoms with Gasteiger partial charge in [-0.2, -0.15) is 0 Å². The van der Waals surface area contributed by atoms with Gasteiger partial charge in [-0.05, 0) is 104 Å². The fourth-order valence-corrected chi connectivity index (χ4v) is 13.9. The van der Waals surface area contributed by atoms with E-state index in [1.54, 1.807) is 0 Å². The number of aliphatic hydroxyl groups is 8. The maximum Gasteiger partial charge on any atom is 0.312 e. The Labute approximate surface area is 336 Å². The van der Waals surface area contributed by atoms with Crippen molar-refractivity contribution in [2.75, 3.05) is 26.9 Å². The van der Waals surface area contributed by atoms with Crippen LogP contribution in [0.4, 0.5) is 0 Å². The van der Waals surface area contributed by atoms with Gasteiger partial charge in [0, 0.05) is 5.41 Å². The van der Waals surface area contributed by atoms with Crippen molar-refractivity contribution in [1.82, 2.24) is 0 Å². The van der Waals surface area contributed by atoms with E-state index in [0.717, 1.165) is 57.8 Å². The summed E-state index contributed by atoms with van der Waals surface area (Å²) in [6, 6.07) is 0. The van der Waals surface area contributed by atoms with Crippen molar-refractivity contribution in [2.24, 2.45) is 50.2 Å². The van der Waals surface area contributed by atoms with Crippen LogP contribution in [0.1, 0.15) is 106 Å². The third-order valence-electron chi connectivity index (χ3n) is 17.6. The molecule has 2 saturated heterocycles. The zero-order valence-electron chi connectivity index (χ0n) is 34.9. The van der Waals surface area contributed by atoms with E-state index in [9.17, 15) is 45.6 Å². The lowest BCUT2D eigenvalue weighted by Gasteiger charge is -2.71. The largest absolute Gasteiger partial charge is 0.469 e. The van der Waals surface area contributed by atoms with Crippen LogP contribution in [0.3, 0.4) is 0 Å². The van der Waals surface area contributed by atoms with E-state index in [-0.39, 0.29) is 46.1 Å². The number of fused-ring (bicyclic) bond motifs is 7. The first-order valence-electron chi connectivity index (χ1n) is 21.4. The lowest BCUT2D eigenvalue weighted by atomic mass is 9.33. The van der Waals surface area contributed by atoms with E-state index in [1.807, 2.05) is 6.92 Å². The molecule has 0 radical (unpaired) electrons. The molecule has 2 aliphatic heterocycles. The summed E-state index contributed by atoms with van der Waals surface area (Å²) in [6.45, 7) is 12.5. The minimum Gasteiger partial charge on any atom is -0.469 e. The molecule has 0 spiro atoms. The molecule has 19 atom stereocenters. The van der Waals surface area contributed by atoms with Gasteiger partial charge in [-0.25, -0.2) is 0 Å². The fraction of sp³-hybridized carbons (Fsp3) is 0.930. The minimum atomic E-state index is -1.76. The standard InChI is InChI=1S/C43H70O14/c1-38(2)14-16-43(37(52)53-7)17-15-41(5)22(23(43)18-38)8-9-27-39(3)12-11-28(40(4,21-46)26(39)10-13-42(27,41)6)56-35-33(51)31(49)34(25(20-45)55-35)57-36-32(50)30(48)29(47)24(19-44)54-36/h8,23-36,44-51H,9-21H2,1-7H3/t23-,24+,25+,26?,27+,28-,29+,30-,31+,32+,33+,34+,35-,36+,39-,40-,41+,42+,43-/m0/s1. The molecule has 4 saturated carbocycles. The van der Waals surface area contributed by atoms with Crippen LogP contribution in [0.25, 0.3) is 0 Å². The molecule has 6 fully saturated rings. The summed E-state index contributed by atoms with van der Waals surface area (Å²) < 4.78 is 29.3. The zero-order chi connectivity index (χ0) is 41.7. The maximum absolute atomic E-state index is 13.6. The predicted molar refractivity (Wildman–Crippen MR) is 204 cm³/mol. The first-order valence-corrected chi connectivity index (χ1v) is 21.4. The Morgan fingerprint density at radius 3 is 2.02 bits per heavy atom.